The zero-order valence-electron chi connectivity index (χ0n) is 9.15. The molecule has 0 aromatic carbocycles. The fourth-order valence-electron chi connectivity index (χ4n) is 1.09. The molecule has 0 aliphatic rings. The maximum absolute atomic E-state index is 11.6. The number of carbonyl (C=O) groups excluding carboxylic acids is 2. The molecule has 1 rings (SSSR count). The van der Waals surface area contributed by atoms with Crippen LogP contribution in [0.3, 0.4) is 0 Å². The Morgan fingerprint density at radius 1 is 1.24 bits per heavy atom. The van der Waals surface area contributed by atoms with Crippen molar-refractivity contribution in [1.82, 2.24) is 10.6 Å². The van der Waals surface area contributed by atoms with Crippen LogP contribution in [0.15, 0.2) is 10.8 Å². The Morgan fingerprint density at radius 2 is 1.94 bits per heavy atom. The molecule has 0 aliphatic carbocycles. The lowest BCUT2D eigenvalue weighted by molar-refractivity contribution is -0.137. The third kappa shape index (κ3) is 4.23. The Kier molecular flexibility index (Phi) is 4.65. The Labute approximate surface area is 102 Å². The summed E-state index contributed by atoms with van der Waals surface area (Å²) >= 11 is 1.40. The van der Waals surface area contributed by atoms with E-state index in [9.17, 15) is 14.4 Å². The van der Waals surface area contributed by atoms with E-state index in [1.54, 1.807) is 12.3 Å². The summed E-state index contributed by atoms with van der Waals surface area (Å²) in [7, 11) is 0. The second-order valence-electron chi connectivity index (χ2n) is 3.32. The van der Waals surface area contributed by atoms with Gasteiger partial charge in [-0.05, 0) is 17.9 Å². The van der Waals surface area contributed by atoms with Gasteiger partial charge in [0.25, 0.3) is 5.91 Å². The zero-order valence-corrected chi connectivity index (χ0v) is 9.97. The smallest absolute Gasteiger partial charge is 0.322 e. The molecule has 3 N–H and O–H groups in total. The standard InChI is InChI=1S/C10H12N2O4S/c1-6-4-17-5-7(6)10(16)12-2-8(13)11-3-9(14)15/h4-5H,2-3H2,1H3,(H,11,13)(H,12,16)(H,14,15). The topological polar surface area (TPSA) is 95.5 Å². The van der Waals surface area contributed by atoms with Crippen molar-refractivity contribution < 1.29 is 19.5 Å². The van der Waals surface area contributed by atoms with Gasteiger partial charge in [-0.2, -0.15) is 11.3 Å². The summed E-state index contributed by atoms with van der Waals surface area (Å²) in [4.78, 5) is 32.9. The molecular formula is C10H12N2O4S. The van der Waals surface area contributed by atoms with E-state index >= 15 is 0 Å². The number of amides is 2. The first-order chi connectivity index (χ1) is 8.00. The first-order valence-corrected chi connectivity index (χ1v) is 5.74. The highest BCUT2D eigenvalue weighted by Crippen LogP contribution is 2.12. The van der Waals surface area contributed by atoms with Crippen LogP contribution in [0, 0.1) is 6.92 Å². The monoisotopic (exact) mass is 256 g/mol. The van der Waals surface area contributed by atoms with Gasteiger partial charge in [0.1, 0.15) is 6.54 Å². The van der Waals surface area contributed by atoms with Crippen molar-refractivity contribution in [1.29, 1.82) is 0 Å². The van der Waals surface area contributed by atoms with Gasteiger partial charge >= 0.3 is 5.97 Å². The third-order valence-corrected chi connectivity index (χ3v) is 2.81. The number of thiophene rings is 1. The molecule has 0 fully saturated rings. The lowest BCUT2D eigenvalue weighted by atomic mass is 10.2. The van der Waals surface area contributed by atoms with Crippen molar-refractivity contribution in [2.45, 2.75) is 6.92 Å². The Bertz CT molecular complexity index is 441. The Morgan fingerprint density at radius 3 is 2.47 bits per heavy atom. The highest BCUT2D eigenvalue weighted by Gasteiger charge is 2.11. The molecule has 0 spiro atoms. The van der Waals surface area contributed by atoms with Gasteiger partial charge in [-0.25, -0.2) is 0 Å². The van der Waals surface area contributed by atoms with E-state index in [2.05, 4.69) is 10.6 Å². The largest absolute Gasteiger partial charge is 0.480 e. The van der Waals surface area contributed by atoms with Crippen LogP contribution in [0.1, 0.15) is 15.9 Å². The summed E-state index contributed by atoms with van der Waals surface area (Å²) in [6.07, 6.45) is 0. The number of nitrogens with one attached hydrogen (secondary N) is 2. The number of carbonyl (C=O) groups is 3. The van der Waals surface area contributed by atoms with Crippen molar-refractivity contribution in [2.75, 3.05) is 13.1 Å². The molecule has 0 saturated heterocycles. The second kappa shape index (κ2) is 6.00. The summed E-state index contributed by atoms with van der Waals surface area (Å²) in [5.41, 5.74) is 1.37. The van der Waals surface area contributed by atoms with E-state index in [1.165, 1.54) is 11.3 Å². The number of aliphatic carboxylic acids is 1. The molecule has 0 aliphatic heterocycles. The average Bonchev–Trinajstić information content (AvgIpc) is 2.69. The van der Waals surface area contributed by atoms with Gasteiger partial charge in [0.05, 0.1) is 12.1 Å². The normalized spacial score (nSPS) is 9.71. The van der Waals surface area contributed by atoms with E-state index < -0.39 is 18.4 Å². The van der Waals surface area contributed by atoms with E-state index in [0.29, 0.717) is 5.56 Å². The minimum atomic E-state index is -1.13. The van der Waals surface area contributed by atoms with Gasteiger partial charge in [0, 0.05) is 5.38 Å². The number of carboxylic acid groups (broad SMARTS) is 1. The molecule has 0 saturated carbocycles. The second-order valence-corrected chi connectivity index (χ2v) is 4.07. The van der Waals surface area contributed by atoms with Gasteiger partial charge in [-0.3, -0.25) is 14.4 Å². The molecule has 6 nitrogen and oxygen atoms in total. The first-order valence-electron chi connectivity index (χ1n) is 4.80. The van der Waals surface area contributed by atoms with Crippen molar-refractivity contribution in [3.8, 4) is 0 Å². The molecule has 1 aromatic rings. The molecule has 0 radical (unpaired) electrons. The van der Waals surface area contributed by atoms with Crippen LogP contribution >= 0.6 is 11.3 Å². The molecule has 92 valence electrons. The van der Waals surface area contributed by atoms with Crippen LogP contribution < -0.4 is 10.6 Å². The number of hydrogen-bond donors (Lipinski definition) is 3. The summed E-state index contributed by atoms with van der Waals surface area (Å²) in [6.45, 7) is 1.11. The summed E-state index contributed by atoms with van der Waals surface area (Å²) in [5, 5.41) is 16.4. The predicted octanol–water partition coefficient (Wildman–Crippen LogP) is -0.0129. The molecule has 0 unspecified atom stereocenters. The number of carboxylic acids is 1. The quantitative estimate of drug-likeness (QED) is 0.690. The third-order valence-electron chi connectivity index (χ3n) is 1.95. The molecule has 2 amide bonds. The Balaban J connectivity index is 2.36. The van der Waals surface area contributed by atoms with Crippen molar-refractivity contribution in [3.05, 3.63) is 21.9 Å². The van der Waals surface area contributed by atoms with E-state index in [4.69, 9.17) is 5.11 Å². The molecule has 1 aromatic heterocycles. The lowest BCUT2D eigenvalue weighted by Gasteiger charge is -2.04. The molecule has 17 heavy (non-hydrogen) atoms. The van der Waals surface area contributed by atoms with E-state index in [1.807, 2.05) is 5.38 Å². The number of aryl methyl sites for hydroxylation is 1. The van der Waals surface area contributed by atoms with Crippen molar-refractivity contribution in [3.63, 3.8) is 0 Å². The first kappa shape index (κ1) is 13.2. The van der Waals surface area contributed by atoms with E-state index in [0.717, 1.165) is 5.56 Å². The van der Waals surface area contributed by atoms with Crippen LogP contribution in [0.25, 0.3) is 0 Å². The molecule has 0 bridgehead atoms. The maximum atomic E-state index is 11.6. The summed E-state index contributed by atoms with van der Waals surface area (Å²) in [5.74, 6) is -2.00. The molecule has 7 heteroatoms. The highest BCUT2D eigenvalue weighted by molar-refractivity contribution is 7.08. The summed E-state index contributed by atoms with van der Waals surface area (Å²) < 4.78 is 0. The minimum Gasteiger partial charge on any atom is -0.480 e. The fraction of sp³-hybridized carbons (Fsp3) is 0.300. The van der Waals surface area contributed by atoms with Crippen LogP contribution in [-0.4, -0.2) is 36.0 Å². The minimum absolute atomic E-state index is 0.235. The van der Waals surface area contributed by atoms with Crippen molar-refractivity contribution in [2.24, 2.45) is 0 Å². The zero-order chi connectivity index (χ0) is 12.8. The maximum Gasteiger partial charge on any atom is 0.322 e. The van der Waals surface area contributed by atoms with Crippen LogP contribution in [0.5, 0.6) is 0 Å². The summed E-state index contributed by atoms with van der Waals surface area (Å²) in [6, 6.07) is 0. The number of rotatable bonds is 5. The Hall–Kier alpha value is -1.89. The van der Waals surface area contributed by atoms with Gasteiger partial charge in [-0.1, -0.05) is 0 Å². The van der Waals surface area contributed by atoms with Crippen LogP contribution in [0.4, 0.5) is 0 Å². The molecular weight excluding hydrogens is 244 g/mol. The number of hydrogen-bond acceptors (Lipinski definition) is 4. The van der Waals surface area contributed by atoms with Crippen LogP contribution in [-0.2, 0) is 9.59 Å². The SMILES string of the molecule is Cc1cscc1C(=O)NCC(=O)NCC(=O)O. The van der Waals surface area contributed by atoms with Crippen LogP contribution in [0.2, 0.25) is 0 Å². The average molecular weight is 256 g/mol. The van der Waals surface area contributed by atoms with Crippen molar-refractivity contribution >= 4 is 29.1 Å². The van der Waals surface area contributed by atoms with E-state index in [-0.39, 0.29) is 12.5 Å². The molecule has 1 heterocycles. The van der Waals surface area contributed by atoms with Gasteiger partial charge < -0.3 is 15.7 Å². The molecule has 0 atom stereocenters. The van der Waals surface area contributed by atoms with Gasteiger partial charge in [-0.15, -0.1) is 0 Å². The predicted molar refractivity (Wildman–Crippen MR) is 62.0 cm³/mol. The highest BCUT2D eigenvalue weighted by atomic mass is 32.1. The lowest BCUT2D eigenvalue weighted by Crippen LogP contribution is -2.39. The van der Waals surface area contributed by atoms with Gasteiger partial charge in [0.2, 0.25) is 5.91 Å². The van der Waals surface area contributed by atoms with Gasteiger partial charge in [0.15, 0.2) is 0 Å². The fourth-order valence-corrected chi connectivity index (χ4v) is 1.91.